The van der Waals surface area contributed by atoms with E-state index in [9.17, 15) is 10.2 Å². The second kappa shape index (κ2) is 4.96. The van der Waals surface area contributed by atoms with Crippen LogP contribution in [0.25, 0.3) is 0 Å². The molecule has 0 aliphatic heterocycles. The molecule has 2 unspecified atom stereocenters. The minimum atomic E-state index is -1.15. The zero-order chi connectivity index (χ0) is 10.7. The van der Waals surface area contributed by atoms with E-state index in [4.69, 9.17) is 28.9 Å². The Morgan fingerprint density at radius 3 is 2.14 bits per heavy atom. The molecule has 1 aromatic rings. The molecule has 0 aliphatic carbocycles. The lowest BCUT2D eigenvalue weighted by Crippen LogP contribution is -2.27. The second-order valence-corrected chi connectivity index (χ2v) is 3.70. The fourth-order valence-corrected chi connectivity index (χ4v) is 1.74. The van der Waals surface area contributed by atoms with Crippen molar-refractivity contribution >= 4 is 23.2 Å². The van der Waals surface area contributed by atoms with E-state index < -0.39 is 12.2 Å². The number of rotatable bonds is 3. The van der Waals surface area contributed by atoms with Crippen molar-refractivity contribution in [3.8, 4) is 0 Å². The van der Waals surface area contributed by atoms with Gasteiger partial charge in [-0.3, -0.25) is 0 Å². The van der Waals surface area contributed by atoms with E-state index in [0.29, 0.717) is 15.6 Å². The quantitative estimate of drug-likeness (QED) is 0.742. The van der Waals surface area contributed by atoms with Gasteiger partial charge in [-0.05, 0) is 12.1 Å². The van der Waals surface area contributed by atoms with Gasteiger partial charge in [-0.1, -0.05) is 29.3 Å². The second-order valence-electron chi connectivity index (χ2n) is 2.88. The Morgan fingerprint density at radius 2 is 1.71 bits per heavy atom. The van der Waals surface area contributed by atoms with Gasteiger partial charge in [0, 0.05) is 22.2 Å². The first-order valence-corrected chi connectivity index (χ1v) is 4.83. The van der Waals surface area contributed by atoms with Crippen LogP contribution in [-0.4, -0.2) is 22.9 Å². The predicted octanol–water partition coefficient (Wildman–Crippen LogP) is 1.35. The third-order valence-electron chi connectivity index (χ3n) is 1.90. The molecule has 3 nitrogen and oxygen atoms in total. The molecule has 0 saturated heterocycles. The van der Waals surface area contributed by atoms with Crippen LogP contribution in [0.15, 0.2) is 18.2 Å². The van der Waals surface area contributed by atoms with Gasteiger partial charge >= 0.3 is 0 Å². The molecule has 0 aromatic heterocycles. The van der Waals surface area contributed by atoms with Gasteiger partial charge in [0.25, 0.3) is 0 Å². The van der Waals surface area contributed by atoms with E-state index in [1.54, 1.807) is 18.2 Å². The first-order valence-electron chi connectivity index (χ1n) is 4.08. The van der Waals surface area contributed by atoms with Crippen LogP contribution >= 0.6 is 23.2 Å². The summed E-state index contributed by atoms with van der Waals surface area (Å²) >= 11 is 11.7. The lowest BCUT2D eigenvalue weighted by atomic mass is 10.0. The van der Waals surface area contributed by atoms with E-state index in [-0.39, 0.29) is 6.54 Å². The number of hydrogen-bond donors (Lipinski definition) is 3. The fourth-order valence-electron chi connectivity index (χ4n) is 1.11. The van der Waals surface area contributed by atoms with E-state index in [1.807, 2.05) is 0 Å². The average molecular weight is 236 g/mol. The summed E-state index contributed by atoms with van der Waals surface area (Å²) < 4.78 is 0. The summed E-state index contributed by atoms with van der Waals surface area (Å²) in [5.74, 6) is 0. The molecule has 1 rings (SSSR count). The van der Waals surface area contributed by atoms with E-state index in [1.165, 1.54) is 0 Å². The lowest BCUT2D eigenvalue weighted by Gasteiger charge is -2.18. The highest BCUT2D eigenvalue weighted by Crippen LogP contribution is 2.31. The maximum atomic E-state index is 9.65. The fraction of sp³-hybridized carbons (Fsp3) is 0.333. The Balaban J connectivity index is 3.05. The Labute approximate surface area is 92.1 Å². The molecule has 0 aliphatic rings. The number of hydrogen-bond acceptors (Lipinski definition) is 3. The summed E-state index contributed by atoms with van der Waals surface area (Å²) in [4.78, 5) is 0. The first kappa shape index (κ1) is 11.8. The summed E-state index contributed by atoms with van der Waals surface area (Å²) in [6.45, 7) is -0.0529. The maximum Gasteiger partial charge on any atom is 0.109 e. The first-order chi connectivity index (χ1) is 6.57. The Morgan fingerprint density at radius 1 is 1.21 bits per heavy atom. The van der Waals surface area contributed by atoms with Gasteiger partial charge in [-0.25, -0.2) is 0 Å². The van der Waals surface area contributed by atoms with Crippen LogP contribution in [0.1, 0.15) is 11.7 Å². The highest BCUT2D eigenvalue weighted by Gasteiger charge is 2.21. The van der Waals surface area contributed by atoms with Crippen LogP contribution in [0, 0.1) is 0 Å². The largest absolute Gasteiger partial charge is 0.389 e. The van der Waals surface area contributed by atoms with E-state index >= 15 is 0 Å². The molecule has 0 fully saturated rings. The van der Waals surface area contributed by atoms with Gasteiger partial charge in [-0.2, -0.15) is 0 Å². The molecule has 0 heterocycles. The highest BCUT2D eigenvalue weighted by molar-refractivity contribution is 6.36. The number of nitrogens with two attached hydrogens (primary N) is 1. The molecule has 1 aromatic carbocycles. The van der Waals surface area contributed by atoms with Crippen molar-refractivity contribution < 1.29 is 10.2 Å². The molecular weight excluding hydrogens is 225 g/mol. The van der Waals surface area contributed by atoms with Crippen LogP contribution in [0.2, 0.25) is 10.0 Å². The Bertz CT molecular complexity index is 299. The minimum absolute atomic E-state index is 0.0529. The summed E-state index contributed by atoms with van der Waals surface area (Å²) in [6.07, 6.45) is -2.21. The molecule has 78 valence electrons. The third-order valence-corrected chi connectivity index (χ3v) is 2.56. The third kappa shape index (κ3) is 2.38. The van der Waals surface area contributed by atoms with Crippen molar-refractivity contribution in [2.24, 2.45) is 5.73 Å². The van der Waals surface area contributed by atoms with E-state index in [0.717, 1.165) is 0 Å². The molecule has 14 heavy (non-hydrogen) atoms. The zero-order valence-electron chi connectivity index (χ0n) is 7.32. The van der Waals surface area contributed by atoms with Crippen LogP contribution in [0.4, 0.5) is 0 Å². The van der Waals surface area contributed by atoms with Crippen LogP contribution in [0.5, 0.6) is 0 Å². The number of aliphatic hydroxyl groups excluding tert-OH is 2. The number of halogens is 2. The summed E-state index contributed by atoms with van der Waals surface area (Å²) in [5, 5.41) is 19.6. The standard InChI is InChI=1S/C9H11Cl2NO2/c10-5-2-1-3-6(11)8(5)9(14)7(13)4-12/h1-3,7,9,13-14H,4,12H2. The van der Waals surface area contributed by atoms with Crippen LogP contribution in [0.3, 0.4) is 0 Å². The van der Waals surface area contributed by atoms with Crippen molar-refractivity contribution in [3.63, 3.8) is 0 Å². The summed E-state index contributed by atoms with van der Waals surface area (Å²) in [5.41, 5.74) is 5.53. The number of aliphatic hydroxyl groups is 2. The Hall–Kier alpha value is -0.320. The van der Waals surface area contributed by atoms with Crippen LogP contribution in [-0.2, 0) is 0 Å². The van der Waals surface area contributed by atoms with Gasteiger partial charge in [0.2, 0.25) is 0 Å². The molecule has 4 N–H and O–H groups in total. The predicted molar refractivity (Wildman–Crippen MR) is 56.5 cm³/mol. The average Bonchev–Trinajstić information content (AvgIpc) is 2.16. The van der Waals surface area contributed by atoms with Crippen molar-refractivity contribution in [3.05, 3.63) is 33.8 Å². The topological polar surface area (TPSA) is 66.5 Å². The highest BCUT2D eigenvalue weighted by atomic mass is 35.5. The number of benzene rings is 1. The van der Waals surface area contributed by atoms with Gasteiger partial charge in [0.05, 0.1) is 6.10 Å². The van der Waals surface area contributed by atoms with Crippen LogP contribution < -0.4 is 5.73 Å². The molecule has 0 amide bonds. The van der Waals surface area contributed by atoms with Gasteiger partial charge in [-0.15, -0.1) is 0 Å². The SMILES string of the molecule is NCC(O)C(O)c1c(Cl)cccc1Cl. The van der Waals surface area contributed by atoms with Crippen molar-refractivity contribution in [2.45, 2.75) is 12.2 Å². The zero-order valence-corrected chi connectivity index (χ0v) is 8.83. The van der Waals surface area contributed by atoms with Gasteiger partial charge < -0.3 is 15.9 Å². The Kier molecular flexibility index (Phi) is 4.16. The normalized spacial score (nSPS) is 15.2. The van der Waals surface area contributed by atoms with Gasteiger partial charge in [0.1, 0.15) is 6.10 Å². The molecule has 0 radical (unpaired) electrons. The lowest BCUT2D eigenvalue weighted by molar-refractivity contribution is 0.0244. The molecule has 5 heteroatoms. The molecule has 0 bridgehead atoms. The van der Waals surface area contributed by atoms with Crippen molar-refractivity contribution in [1.29, 1.82) is 0 Å². The molecule has 0 spiro atoms. The molecular formula is C9H11Cl2NO2. The summed E-state index contributed by atoms with van der Waals surface area (Å²) in [7, 11) is 0. The maximum absolute atomic E-state index is 9.65. The summed E-state index contributed by atoms with van der Waals surface area (Å²) in [6, 6.07) is 4.85. The molecule has 0 saturated carbocycles. The van der Waals surface area contributed by atoms with E-state index in [2.05, 4.69) is 0 Å². The van der Waals surface area contributed by atoms with Crippen molar-refractivity contribution in [2.75, 3.05) is 6.54 Å². The van der Waals surface area contributed by atoms with Crippen molar-refractivity contribution in [1.82, 2.24) is 0 Å². The smallest absolute Gasteiger partial charge is 0.109 e. The van der Waals surface area contributed by atoms with Gasteiger partial charge in [0.15, 0.2) is 0 Å². The molecule has 2 atom stereocenters. The monoisotopic (exact) mass is 235 g/mol. The minimum Gasteiger partial charge on any atom is -0.389 e.